The summed E-state index contributed by atoms with van der Waals surface area (Å²) in [5, 5.41) is 11.6. The third kappa shape index (κ3) is 4.67. The monoisotopic (exact) mass is 326 g/mol. The van der Waals surface area contributed by atoms with Gasteiger partial charge in [-0.2, -0.15) is 0 Å². The fourth-order valence-electron chi connectivity index (χ4n) is 2.26. The quantitative estimate of drug-likeness (QED) is 0.720. The number of nitrogens with one attached hydrogen (secondary N) is 1. The van der Waals surface area contributed by atoms with Crippen LogP contribution in [0.1, 0.15) is 23.2 Å². The Morgan fingerprint density at radius 1 is 1.00 bits per heavy atom. The minimum absolute atomic E-state index is 0.0468. The summed E-state index contributed by atoms with van der Waals surface area (Å²) < 4.78 is 0. The first kappa shape index (κ1) is 17.2. The Bertz CT molecular complexity index is 744. The maximum Gasteiger partial charge on any atom is 0.326 e. The molecule has 124 valence electrons. The van der Waals surface area contributed by atoms with Crippen LogP contribution in [0.4, 0.5) is 0 Å². The van der Waals surface area contributed by atoms with E-state index in [-0.39, 0.29) is 12.8 Å². The van der Waals surface area contributed by atoms with Gasteiger partial charge in [-0.3, -0.25) is 9.59 Å². The average Bonchev–Trinajstić information content (AvgIpc) is 2.59. The number of carboxylic acid groups (broad SMARTS) is 1. The van der Waals surface area contributed by atoms with E-state index in [4.69, 9.17) is 10.8 Å². The maximum atomic E-state index is 12.3. The molecule has 6 heteroatoms. The lowest BCUT2D eigenvalue weighted by atomic mass is 10.0. The summed E-state index contributed by atoms with van der Waals surface area (Å²) in [7, 11) is 0. The van der Waals surface area contributed by atoms with Gasteiger partial charge in [-0.25, -0.2) is 4.79 Å². The summed E-state index contributed by atoms with van der Waals surface area (Å²) in [5.74, 6) is -2.32. The highest BCUT2D eigenvalue weighted by molar-refractivity contribution is 5.97. The summed E-state index contributed by atoms with van der Waals surface area (Å²) in [6.07, 6.45) is -0.157. The minimum atomic E-state index is -1.20. The highest BCUT2D eigenvalue weighted by Gasteiger charge is 2.21. The summed E-state index contributed by atoms with van der Waals surface area (Å²) in [6, 6.07) is 15.3. The molecule has 24 heavy (non-hydrogen) atoms. The third-order valence-corrected chi connectivity index (χ3v) is 3.51. The highest BCUT2D eigenvalue weighted by atomic mass is 16.4. The molecule has 0 unspecified atom stereocenters. The van der Waals surface area contributed by atoms with Gasteiger partial charge in [0.15, 0.2) is 0 Å². The van der Waals surface area contributed by atoms with E-state index < -0.39 is 23.8 Å². The first-order valence-corrected chi connectivity index (χ1v) is 7.45. The van der Waals surface area contributed by atoms with E-state index in [1.807, 2.05) is 36.4 Å². The number of carbonyl (C=O) groups is 3. The summed E-state index contributed by atoms with van der Waals surface area (Å²) in [4.78, 5) is 34.3. The van der Waals surface area contributed by atoms with Crippen molar-refractivity contribution in [3.63, 3.8) is 0 Å². The van der Waals surface area contributed by atoms with Crippen LogP contribution >= 0.6 is 0 Å². The van der Waals surface area contributed by atoms with Crippen LogP contribution in [-0.4, -0.2) is 28.9 Å². The predicted molar refractivity (Wildman–Crippen MR) is 89.2 cm³/mol. The maximum absolute atomic E-state index is 12.3. The average molecular weight is 326 g/mol. The molecule has 2 rings (SSSR count). The van der Waals surface area contributed by atoms with Crippen LogP contribution in [0.2, 0.25) is 0 Å². The van der Waals surface area contributed by atoms with Crippen molar-refractivity contribution in [2.24, 2.45) is 5.73 Å². The van der Waals surface area contributed by atoms with Gasteiger partial charge in [0.2, 0.25) is 5.91 Å². The fourth-order valence-corrected chi connectivity index (χ4v) is 2.26. The molecule has 4 N–H and O–H groups in total. The van der Waals surface area contributed by atoms with Gasteiger partial charge < -0.3 is 16.2 Å². The molecule has 0 bridgehead atoms. The van der Waals surface area contributed by atoms with E-state index in [1.165, 1.54) is 0 Å². The van der Waals surface area contributed by atoms with E-state index in [1.54, 1.807) is 18.2 Å². The van der Waals surface area contributed by atoms with Crippen LogP contribution < -0.4 is 11.1 Å². The molecule has 0 saturated heterocycles. The molecule has 2 aromatic carbocycles. The Balaban J connectivity index is 2.14. The molecular formula is C18H18N2O4. The number of rotatable bonds is 7. The number of aliphatic carboxylic acids is 1. The van der Waals surface area contributed by atoms with E-state index in [0.717, 1.165) is 11.1 Å². The lowest BCUT2D eigenvalue weighted by Gasteiger charge is -2.14. The highest BCUT2D eigenvalue weighted by Crippen LogP contribution is 2.20. The zero-order valence-corrected chi connectivity index (χ0v) is 12.9. The smallest absolute Gasteiger partial charge is 0.326 e. The van der Waals surface area contributed by atoms with Gasteiger partial charge in [0, 0.05) is 12.0 Å². The van der Waals surface area contributed by atoms with Gasteiger partial charge in [-0.05, 0) is 29.7 Å². The Hall–Kier alpha value is -3.15. The van der Waals surface area contributed by atoms with E-state index in [0.29, 0.717) is 5.56 Å². The first-order chi connectivity index (χ1) is 11.5. The standard InChI is InChI=1S/C18H18N2O4/c19-16(21)10-9-15(18(23)24)20-17(22)14-8-4-7-13(11-14)12-5-2-1-3-6-12/h1-8,11,15H,9-10H2,(H2,19,21)(H,20,22)(H,23,24)/t15-/m0/s1. The van der Waals surface area contributed by atoms with Gasteiger partial charge in [-0.1, -0.05) is 42.5 Å². The van der Waals surface area contributed by atoms with Crippen LogP contribution in [0.25, 0.3) is 11.1 Å². The molecule has 0 fully saturated rings. The molecule has 6 nitrogen and oxygen atoms in total. The number of carbonyl (C=O) groups excluding carboxylic acids is 2. The van der Waals surface area contributed by atoms with Gasteiger partial charge in [0.1, 0.15) is 6.04 Å². The fraction of sp³-hybridized carbons (Fsp3) is 0.167. The van der Waals surface area contributed by atoms with Crippen molar-refractivity contribution in [2.75, 3.05) is 0 Å². The molecule has 1 atom stereocenters. The Labute approximate surface area is 139 Å². The molecule has 0 saturated carbocycles. The van der Waals surface area contributed by atoms with Crippen LogP contribution in [0.5, 0.6) is 0 Å². The van der Waals surface area contributed by atoms with Crippen molar-refractivity contribution >= 4 is 17.8 Å². The largest absolute Gasteiger partial charge is 0.480 e. The molecule has 0 aliphatic heterocycles. The second kappa shape index (κ2) is 7.92. The number of carboxylic acids is 1. The number of hydrogen-bond donors (Lipinski definition) is 3. The lowest BCUT2D eigenvalue weighted by Crippen LogP contribution is -2.41. The van der Waals surface area contributed by atoms with Gasteiger partial charge >= 0.3 is 5.97 Å². The first-order valence-electron chi connectivity index (χ1n) is 7.45. The van der Waals surface area contributed by atoms with Gasteiger partial charge in [0.05, 0.1) is 0 Å². The molecule has 0 radical (unpaired) electrons. The number of amides is 2. The van der Waals surface area contributed by atoms with Gasteiger partial charge in [0.25, 0.3) is 5.91 Å². The Morgan fingerprint density at radius 3 is 2.29 bits per heavy atom. The second-order valence-corrected chi connectivity index (χ2v) is 5.32. The Kier molecular flexibility index (Phi) is 5.68. The second-order valence-electron chi connectivity index (χ2n) is 5.32. The van der Waals surface area contributed by atoms with Crippen molar-refractivity contribution in [3.05, 3.63) is 60.2 Å². The van der Waals surface area contributed by atoms with Crippen molar-refractivity contribution < 1.29 is 19.5 Å². The van der Waals surface area contributed by atoms with Crippen molar-refractivity contribution in [1.29, 1.82) is 0 Å². The molecule has 2 amide bonds. The number of hydrogen-bond acceptors (Lipinski definition) is 3. The van der Waals surface area contributed by atoms with E-state index >= 15 is 0 Å². The Morgan fingerprint density at radius 2 is 1.67 bits per heavy atom. The van der Waals surface area contributed by atoms with Gasteiger partial charge in [-0.15, -0.1) is 0 Å². The van der Waals surface area contributed by atoms with E-state index in [9.17, 15) is 14.4 Å². The normalized spacial score (nSPS) is 11.5. The summed E-state index contributed by atoms with van der Waals surface area (Å²) >= 11 is 0. The minimum Gasteiger partial charge on any atom is -0.480 e. The predicted octanol–water partition coefficient (Wildman–Crippen LogP) is 1.80. The molecule has 0 heterocycles. The topological polar surface area (TPSA) is 109 Å². The van der Waals surface area contributed by atoms with Crippen LogP contribution in [0.15, 0.2) is 54.6 Å². The zero-order chi connectivity index (χ0) is 17.5. The number of nitrogens with two attached hydrogens (primary N) is 1. The third-order valence-electron chi connectivity index (χ3n) is 3.51. The van der Waals surface area contributed by atoms with Crippen molar-refractivity contribution in [3.8, 4) is 11.1 Å². The molecule has 2 aromatic rings. The number of benzene rings is 2. The van der Waals surface area contributed by atoms with Crippen LogP contribution in [0, 0.1) is 0 Å². The number of primary amides is 1. The lowest BCUT2D eigenvalue weighted by molar-refractivity contribution is -0.139. The molecule has 0 aromatic heterocycles. The van der Waals surface area contributed by atoms with Crippen LogP contribution in [-0.2, 0) is 9.59 Å². The van der Waals surface area contributed by atoms with Crippen molar-refractivity contribution in [2.45, 2.75) is 18.9 Å². The van der Waals surface area contributed by atoms with E-state index in [2.05, 4.69) is 5.32 Å². The summed E-state index contributed by atoms with van der Waals surface area (Å²) in [5.41, 5.74) is 7.18. The molecule has 0 aliphatic rings. The molecule has 0 aliphatic carbocycles. The molecule has 0 spiro atoms. The van der Waals surface area contributed by atoms with Crippen LogP contribution in [0.3, 0.4) is 0 Å². The van der Waals surface area contributed by atoms with Crippen molar-refractivity contribution in [1.82, 2.24) is 5.32 Å². The SMILES string of the molecule is NC(=O)CC[C@H](NC(=O)c1cccc(-c2ccccc2)c1)C(=O)O. The zero-order valence-electron chi connectivity index (χ0n) is 12.9. The molecular weight excluding hydrogens is 308 g/mol. The summed E-state index contributed by atoms with van der Waals surface area (Å²) in [6.45, 7) is 0.